The highest BCUT2D eigenvalue weighted by atomic mass is 35.5. The maximum absolute atomic E-state index is 8.57. The summed E-state index contributed by atoms with van der Waals surface area (Å²) in [6.45, 7) is 0.249. The van der Waals surface area contributed by atoms with Gasteiger partial charge >= 0.3 is 7.32 Å². The van der Waals surface area contributed by atoms with Crippen LogP contribution in [0.25, 0.3) is 0 Å². The van der Waals surface area contributed by atoms with Crippen molar-refractivity contribution in [3.8, 4) is 5.75 Å². The molecule has 0 unspecified atom stereocenters. The van der Waals surface area contributed by atoms with Gasteiger partial charge in [0.05, 0.1) is 0 Å². The van der Waals surface area contributed by atoms with E-state index in [9.17, 15) is 0 Å². The van der Waals surface area contributed by atoms with Gasteiger partial charge in [0.2, 0.25) is 0 Å². The van der Waals surface area contributed by atoms with Crippen LogP contribution in [-0.4, -0.2) is 17.4 Å². The molecule has 0 radical (unpaired) electrons. The van der Waals surface area contributed by atoms with Crippen LogP contribution in [0.5, 0.6) is 5.75 Å². The normalized spacial score (nSPS) is 9.85. The summed E-state index contributed by atoms with van der Waals surface area (Å²) in [4.78, 5) is 0. The van der Waals surface area contributed by atoms with E-state index in [1.54, 1.807) is 12.1 Å². The molecule has 0 aliphatic heterocycles. The fourth-order valence-corrected chi connectivity index (χ4v) is 1.08. The third-order valence-corrected chi connectivity index (χ3v) is 1.72. The van der Waals surface area contributed by atoms with Gasteiger partial charge in [-0.2, -0.15) is 0 Å². The van der Waals surface area contributed by atoms with Gasteiger partial charge in [0.1, 0.15) is 5.75 Å². The van der Waals surface area contributed by atoms with Crippen molar-refractivity contribution in [2.45, 2.75) is 6.54 Å². The van der Waals surface area contributed by atoms with Crippen molar-refractivity contribution in [3.05, 3.63) is 28.8 Å². The standard InChI is InChI=1S/C7H9BClNO3/c9-6-2-1-5(4-10)7(3-6)13-8(11)12/h1-3,11-12H,4,10H2. The van der Waals surface area contributed by atoms with Crippen molar-refractivity contribution < 1.29 is 14.7 Å². The molecule has 0 aliphatic carbocycles. The molecule has 1 aromatic carbocycles. The maximum Gasteiger partial charge on any atom is 0.707 e. The molecule has 0 heterocycles. The van der Waals surface area contributed by atoms with Crippen LogP contribution in [0.1, 0.15) is 5.56 Å². The van der Waals surface area contributed by atoms with Crippen molar-refractivity contribution in [1.82, 2.24) is 0 Å². The van der Waals surface area contributed by atoms with E-state index in [0.717, 1.165) is 0 Å². The van der Waals surface area contributed by atoms with E-state index < -0.39 is 7.32 Å². The lowest BCUT2D eigenvalue weighted by Crippen LogP contribution is -2.21. The number of hydrogen-bond acceptors (Lipinski definition) is 4. The molecule has 0 amide bonds. The second-order valence-electron chi connectivity index (χ2n) is 2.40. The van der Waals surface area contributed by atoms with Crippen LogP contribution >= 0.6 is 11.6 Å². The van der Waals surface area contributed by atoms with Gasteiger partial charge in [-0.3, -0.25) is 0 Å². The molecule has 0 atom stereocenters. The van der Waals surface area contributed by atoms with Crippen molar-refractivity contribution >= 4 is 18.9 Å². The number of hydrogen-bond donors (Lipinski definition) is 3. The average molecular weight is 201 g/mol. The largest absolute Gasteiger partial charge is 0.707 e. The molecule has 0 aliphatic rings. The molecule has 0 saturated carbocycles. The predicted octanol–water partition coefficient (Wildman–Crippen LogP) is 0.147. The summed E-state index contributed by atoms with van der Waals surface area (Å²) < 4.78 is 4.66. The first-order valence-corrected chi connectivity index (χ1v) is 4.02. The zero-order valence-corrected chi connectivity index (χ0v) is 7.53. The Bertz CT molecular complexity index is 295. The summed E-state index contributed by atoms with van der Waals surface area (Å²) in [6, 6.07) is 4.80. The first-order chi connectivity index (χ1) is 6.13. The van der Waals surface area contributed by atoms with Gasteiger partial charge in [-0.25, -0.2) is 0 Å². The number of nitrogens with two attached hydrogens (primary N) is 1. The van der Waals surface area contributed by atoms with Crippen LogP contribution in [0, 0.1) is 0 Å². The summed E-state index contributed by atoms with van der Waals surface area (Å²) in [6.07, 6.45) is 0. The van der Waals surface area contributed by atoms with Crippen molar-refractivity contribution in [1.29, 1.82) is 0 Å². The zero-order valence-electron chi connectivity index (χ0n) is 6.77. The van der Waals surface area contributed by atoms with Gasteiger partial charge in [0.15, 0.2) is 0 Å². The third-order valence-electron chi connectivity index (χ3n) is 1.48. The van der Waals surface area contributed by atoms with Gasteiger partial charge in [-0.15, -0.1) is 0 Å². The van der Waals surface area contributed by atoms with Crippen molar-refractivity contribution in [2.75, 3.05) is 0 Å². The minimum absolute atomic E-state index is 0.249. The summed E-state index contributed by atoms with van der Waals surface area (Å²) >= 11 is 5.67. The van der Waals surface area contributed by atoms with Crippen LogP contribution in [0.2, 0.25) is 5.02 Å². The summed E-state index contributed by atoms with van der Waals surface area (Å²) in [5, 5.41) is 17.6. The van der Waals surface area contributed by atoms with Gasteiger partial charge in [-0.05, 0) is 12.1 Å². The fraction of sp³-hybridized carbons (Fsp3) is 0.143. The van der Waals surface area contributed by atoms with Gasteiger partial charge in [0.25, 0.3) is 0 Å². The predicted molar refractivity (Wildman–Crippen MR) is 50.2 cm³/mol. The highest BCUT2D eigenvalue weighted by Crippen LogP contribution is 2.22. The molecule has 1 aromatic rings. The minimum Gasteiger partial charge on any atom is -0.512 e. The summed E-state index contributed by atoms with van der Waals surface area (Å²) in [7, 11) is -1.86. The smallest absolute Gasteiger partial charge is 0.512 e. The molecular weight excluding hydrogens is 192 g/mol. The fourth-order valence-electron chi connectivity index (χ4n) is 0.920. The minimum atomic E-state index is -1.86. The molecule has 70 valence electrons. The van der Waals surface area contributed by atoms with E-state index >= 15 is 0 Å². The Morgan fingerprint density at radius 2 is 2.15 bits per heavy atom. The monoisotopic (exact) mass is 201 g/mol. The lowest BCUT2D eigenvalue weighted by atomic mass is 10.1. The van der Waals surface area contributed by atoms with E-state index in [1.807, 2.05) is 0 Å². The van der Waals surface area contributed by atoms with E-state index in [1.165, 1.54) is 6.07 Å². The SMILES string of the molecule is NCc1ccc(Cl)cc1OB(O)O. The Labute approximate surface area is 81.1 Å². The average Bonchev–Trinajstić information content (AvgIpc) is 2.03. The van der Waals surface area contributed by atoms with E-state index in [0.29, 0.717) is 10.6 Å². The van der Waals surface area contributed by atoms with E-state index in [4.69, 9.17) is 27.4 Å². The zero-order chi connectivity index (χ0) is 9.84. The summed E-state index contributed by atoms with van der Waals surface area (Å²) in [5.41, 5.74) is 6.05. The number of benzene rings is 1. The Morgan fingerprint density at radius 3 is 2.69 bits per heavy atom. The molecule has 0 fully saturated rings. The van der Waals surface area contributed by atoms with E-state index in [2.05, 4.69) is 4.65 Å². The van der Waals surface area contributed by atoms with Gasteiger partial charge in [-0.1, -0.05) is 17.7 Å². The molecule has 1 rings (SSSR count). The highest BCUT2D eigenvalue weighted by Gasteiger charge is 2.13. The van der Waals surface area contributed by atoms with Crippen LogP contribution < -0.4 is 10.4 Å². The van der Waals surface area contributed by atoms with Crippen LogP contribution in [-0.2, 0) is 6.54 Å². The Hall–Kier alpha value is -0.745. The molecule has 0 bridgehead atoms. The second kappa shape index (κ2) is 4.48. The molecule has 0 spiro atoms. The Kier molecular flexibility index (Phi) is 3.56. The molecular formula is C7H9BClNO3. The summed E-state index contributed by atoms with van der Waals surface area (Å²) in [5.74, 6) is 0.282. The van der Waals surface area contributed by atoms with E-state index in [-0.39, 0.29) is 12.3 Å². The van der Waals surface area contributed by atoms with Crippen molar-refractivity contribution in [3.63, 3.8) is 0 Å². The molecule has 0 aromatic heterocycles. The number of rotatable bonds is 3. The van der Waals surface area contributed by atoms with Gasteiger partial charge < -0.3 is 20.4 Å². The molecule has 13 heavy (non-hydrogen) atoms. The highest BCUT2D eigenvalue weighted by molar-refractivity contribution is 6.34. The Balaban J connectivity index is 2.94. The maximum atomic E-state index is 8.57. The molecule has 6 heteroatoms. The molecule has 0 saturated heterocycles. The topological polar surface area (TPSA) is 75.7 Å². The quantitative estimate of drug-likeness (QED) is 0.609. The van der Waals surface area contributed by atoms with Gasteiger partial charge in [0, 0.05) is 17.1 Å². The number of halogens is 1. The van der Waals surface area contributed by atoms with Crippen LogP contribution in [0.15, 0.2) is 18.2 Å². The molecule has 4 N–H and O–H groups in total. The van der Waals surface area contributed by atoms with Crippen LogP contribution in [0.3, 0.4) is 0 Å². The first-order valence-electron chi connectivity index (χ1n) is 3.65. The molecule has 4 nitrogen and oxygen atoms in total. The lowest BCUT2D eigenvalue weighted by molar-refractivity contribution is 0.287. The Morgan fingerprint density at radius 1 is 1.46 bits per heavy atom. The lowest BCUT2D eigenvalue weighted by Gasteiger charge is -2.09. The first kappa shape index (κ1) is 10.3. The van der Waals surface area contributed by atoms with Crippen LogP contribution in [0.4, 0.5) is 0 Å². The second-order valence-corrected chi connectivity index (χ2v) is 2.84. The van der Waals surface area contributed by atoms with Crippen molar-refractivity contribution in [2.24, 2.45) is 5.73 Å². The third kappa shape index (κ3) is 2.89.